The normalized spacial score (nSPS) is 13.1. The first-order valence-electron chi connectivity index (χ1n) is 16.6. The molecule has 0 saturated carbocycles. The van der Waals surface area contributed by atoms with Crippen LogP contribution in [0.5, 0.6) is 0 Å². The number of ether oxygens (including phenoxy) is 2. The number of hydrogen-bond acceptors (Lipinski definition) is 4. The molecule has 0 aliphatic rings. The van der Waals surface area contributed by atoms with Crippen molar-refractivity contribution in [3.63, 3.8) is 0 Å². The van der Waals surface area contributed by atoms with Crippen molar-refractivity contribution in [2.45, 2.75) is 181 Å². The van der Waals surface area contributed by atoms with Gasteiger partial charge in [0.2, 0.25) is 0 Å². The lowest BCUT2D eigenvalue weighted by atomic mass is 10.0. The van der Waals surface area contributed by atoms with Crippen molar-refractivity contribution in [2.24, 2.45) is 11.5 Å². The van der Waals surface area contributed by atoms with Crippen LogP contribution in [0.4, 0.5) is 0 Å². The minimum absolute atomic E-state index is 0.0800. The van der Waals surface area contributed by atoms with Gasteiger partial charge in [0.1, 0.15) is 5.76 Å². The summed E-state index contributed by atoms with van der Waals surface area (Å²) in [7, 11) is 0. The first kappa shape index (κ1) is 36.3. The number of rotatable bonds is 30. The van der Waals surface area contributed by atoms with Crippen LogP contribution >= 0.6 is 0 Å². The van der Waals surface area contributed by atoms with Gasteiger partial charge in [0.15, 0.2) is 0 Å². The van der Waals surface area contributed by atoms with Crippen LogP contribution in [0.15, 0.2) is 11.5 Å². The molecule has 4 nitrogen and oxygen atoms in total. The quantitative estimate of drug-likeness (QED) is 0.0724. The van der Waals surface area contributed by atoms with E-state index in [-0.39, 0.29) is 6.10 Å². The van der Waals surface area contributed by atoms with Gasteiger partial charge in [0.05, 0.1) is 25.0 Å². The molecule has 0 rings (SSSR count). The summed E-state index contributed by atoms with van der Waals surface area (Å²) in [6.07, 6.45) is 31.7. The van der Waals surface area contributed by atoms with E-state index in [1.54, 1.807) is 0 Å². The molecule has 0 aromatic heterocycles. The summed E-state index contributed by atoms with van der Waals surface area (Å²) in [6.45, 7) is 8.51. The Labute approximate surface area is 233 Å². The van der Waals surface area contributed by atoms with Gasteiger partial charge in [-0.2, -0.15) is 0 Å². The lowest BCUT2D eigenvalue weighted by molar-refractivity contribution is 0.0649. The van der Waals surface area contributed by atoms with Gasteiger partial charge in [0.25, 0.3) is 0 Å². The molecule has 0 aliphatic carbocycles. The molecule has 37 heavy (non-hydrogen) atoms. The summed E-state index contributed by atoms with van der Waals surface area (Å²) in [5.41, 5.74) is 13.1. The van der Waals surface area contributed by atoms with Gasteiger partial charge in [-0.25, -0.2) is 0 Å². The van der Waals surface area contributed by atoms with E-state index in [1.807, 2.05) is 0 Å². The third-order valence-electron chi connectivity index (χ3n) is 7.57. The molecule has 0 spiro atoms. The minimum Gasteiger partial charge on any atom is -0.495 e. The topological polar surface area (TPSA) is 70.5 Å². The molecule has 0 radical (unpaired) electrons. The molecule has 0 aliphatic heterocycles. The zero-order valence-electron chi connectivity index (χ0n) is 25.6. The Bertz CT molecular complexity index is 481. The fourth-order valence-corrected chi connectivity index (χ4v) is 5.00. The van der Waals surface area contributed by atoms with E-state index in [2.05, 4.69) is 20.8 Å². The first-order chi connectivity index (χ1) is 18.2. The lowest BCUT2D eigenvalue weighted by Gasteiger charge is -2.20. The summed E-state index contributed by atoms with van der Waals surface area (Å²) in [5.74, 6) is 0.730. The average Bonchev–Trinajstić information content (AvgIpc) is 2.91. The van der Waals surface area contributed by atoms with Crippen LogP contribution in [0, 0.1) is 0 Å². The van der Waals surface area contributed by atoms with Crippen LogP contribution in [0.2, 0.25) is 0 Å². The van der Waals surface area contributed by atoms with Gasteiger partial charge in [-0.15, -0.1) is 0 Å². The van der Waals surface area contributed by atoms with E-state index >= 15 is 0 Å². The highest BCUT2D eigenvalue weighted by Crippen LogP contribution is 2.16. The van der Waals surface area contributed by atoms with E-state index in [1.165, 1.54) is 135 Å². The van der Waals surface area contributed by atoms with Gasteiger partial charge in [-0.05, 0) is 19.3 Å². The van der Waals surface area contributed by atoms with E-state index in [0.717, 1.165) is 31.6 Å². The lowest BCUT2D eigenvalue weighted by Crippen LogP contribution is -2.26. The van der Waals surface area contributed by atoms with Crippen LogP contribution in [0.25, 0.3) is 0 Å². The second-order valence-electron chi connectivity index (χ2n) is 11.1. The maximum atomic E-state index is 6.42. The first-order valence-corrected chi connectivity index (χ1v) is 16.6. The van der Waals surface area contributed by atoms with Crippen molar-refractivity contribution in [1.82, 2.24) is 0 Å². The highest BCUT2D eigenvalue weighted by Gasteiger charge is 2.15. The monoisotopic (exact) mass is 525 g/mol. The molecule has 0 heterocycles. The number of nitrogens with two attached hydrogens (primary N) is 2. The predicted molar refractivity (Wildman–Crippen MR) is 164 cm³/mol. The van der Waals surface area contributed by atoms with Gasteiger partial charge >= 0.3 is 0 Å². The summed E-state index contributed by atoms with van der Waals surface area (Å²) < 4.78 is 12.1. The molecule has 222 valence electrons. The van der Waals surface area contributed by atoms with Gasteiger partial charge in [0, 0.05) is 6.61 Å². The van der Waals surface area contributed by atoms with E-state index in [4.69, 9.17) is 20.9 Å². The highest BCUT2D eigenvalue weighted by atomic mass is 16.5. The van der Waals surface area contributed by atoms with E-state index in [0.29, 0.717) is 18.8 Å². The Morgan fingerprint density at radius 2 is 0.865 bits per heavy atom. The maximum Gasteiger partial charge on any atom is 0.131 e. The SMILES string of the molecule is CCCCCCCCCCCCCCCOC(CC)C(N)=C(CN)OCCCCCCCCCCCC. The largest absolute Gasteiger partial charge is 0.495 e. The average molecular weight is 525 g/mol. The summed E-state index contributed by atoms with van der Waals surface area (Å²) in [4.78, 5) is 0. The van der Waals surface area contributed by atoms with Crippen molar-refractivity contribution >= 4 is 0 Å². The van der Waals surface area contributed by atoms with Crippen LogP contribution in [-0.4, -0.2) is 25.9 Å². The Morgan fingerprint density at radius 1 is 0.514 bits per heavy atom. The van der Waals surface area contributed by atoms with Crippen molar-refractivity contribution in [1.29, 1.82) is 0 Å². The molecule has 4 N–H and O–H groups in total. The summed E-state index contributed by atoms with van der Waals surface area (Å²) in [6, 6.07) is 0. The standard InChI is InChI=1S/C33H68N2O2/c1-4-7-9-11-13-15-17-18-19-21-22-24-26-28-36-31(6-3)33(35)32(30-34)37-29-27-25-23-20-16-14-12-10-8-5-2/h31H,4-30,34-35H2,1-3H3. The predicted octanol–water partition coefficient (Wildman–Crippen LogP) is 9.94. The Balaban J connectivity index is 3.79. The van der Waals surface area contributed by atoms with Crippen LogP contribution in [-0.2, 0) is 9.47 Å². The smallest absolute Gasteiger partial charge is 0.131 e. The van der Waals surface area contributed by atoms with Gasteiger partial charge < -0.3 is 20.9 Å². The fraction of sp³-hybridized carbons (Fsp3) is 0.939. The van der Waals surface area contributed by atoms with Gasteiger partial charge in [-0.1, -0.05) is 156 Å². The molecule has 1 unspecified atom stereocenters. The van der Waals surface area contributed by atoms with E-state index < -0.39 is 0 Å². The molecule has 0 aromatic carbocycles. The molecule has 4 heteroatoms. The fourth-order valence-electron chi connectivity index (χ4n) is 5.00. The molecule has 0 saturated heterocycles. The second kappa shape index (κ2) is 29.8. The summed E-state index contributed by atoms with van der Waals surface area (Å²) >= 11 is 0. The van der Waals surface area contributed by atoms with E-state index in [9.17, 15) is 0 Å². The zero-order chi connectivity index (χ0) is 27.2. The van der Waals surface area contributed by atoms with Crippen molar-refractivity contribution in [3.05, 3.63) is 11.5 Å². The highest BCUT2D eigenvalue weighted by molar-refractivity contribution is 5.11. The number of hydrogen-bond donors (Lipinski definition) is 2. The maximum absolute atomic E-state index is 6.42. The third kappa shape index (κ3) is 24.1. The third-order valence-corrected chi connectivity index (χ3v) is 7.57. The van der Waals surface area contributed by atoms with Crippen LogP contribution in [0.3, 0.4) is 0 Å². The second-order valence-corrected chi connectivity index (χ2v) is 11.1. The molecule has 0 aromatic rings. The minimum atomic E-state index is -0.0800. The molecule has 0 bridgehead atoms. The number of unbranched alkanes of at least 4 members (excludes halogenated alkanes) is 21. The molecular formula is C33H68N2O2. The molecule has 1 atom stereocenters. The summed E-state index contributed by atoms with van der Waals surface area (Å²) in [5, 5.41) is 0. The zero-order valence-corrected chi connectivity index (χ0v) is 25.6. The Hall–Kier alpha value is -0.740. The van der Waals surface area contributed by atoms with Crippen LogP contribution < -0.4 is 11.5 Å². The van der Waals surface area contributed by atoms with Crippen molar-refractivity contribution in [3.8, 4) is 0 Å². The Morgan fingerprint density at radius 3 is 1.22 bits per heavy atom. The van der Waals surface area contributed by atoms with Crippen molar-refractivity contribution < 1.29 is 9.47 Å². The molecular weight excluding hydrogens is 456 g/mol. The van der Waals surface area contributed by atoms with Crippen LogP contribution in [0.1, 0.15) is 175 Å². The van der Waals surface area contributed by atoms with Crippen molar-refractivity contribution in [2.75, 3.05) is 19.8 Å². The van der Waals surface area contributed by atoms with Gasteiger partial charge in [-0.3, -0.25) is 0 Å². The molecule has 0 fully saturated rings. The molecule has 0 amide bonds. The Kier molecular flexibility index (Phi) is 29.2.